The summed E-state index contributed by atoms with van der Waals surface area (Å²) in [5.74, 6) is -0.598. The van der Waals surface area contributed by atoms with Crippen LogP contribution in [0.3, 0.4) is 0 Å². The molecule has 1 aromatic carbocycles. The maximum Gasteiger partial charge on any atom is 0.350 e. The van der Waals surface area contributed by atoms with Crippen molar-refractivity contribution < 1.29 is 9.53 Å². The zero-order valence-corrected chi connectivity index (χ0v) is 10.8. The minimum atomic E-state index is -0.598. The highest BCUT2D eigenvalue weighted by molar-refractivity contribution is 5.93. The molecule has 0 aromatic heterocycles. The zero-order valence-electron chi connectivity index (χ0n) is 10.8. The Hall–Kier alpha value is -2.28. The lowest BCUT2D eigenvalue weighted by molar-refractivity contribution is -0.138. The summed E-state index contributed by atoms with van der Waals surface area (Å²) < 4.78 is 4.80. The van der Waals surface area contributed by atoms with Crippen molar-refractivity contribution in [2.75, 3.05) is 18.6 Å². The highest BCUT2D eigenvalue weighted by Crippen LogP contribution is 2.15. The van der Waals surface area contributed by atoms with Crippen LogP contribution in [-0.4, -0.2) is 19.6 Å². The molecule has 0 heterocycles. The Balaban J connectivity index is 2.93. The summed E-state index contributed by atoms with van der Waals surface area (Å²) in [5, 5.41) is 8.93. The van der Waals surface area contributed by atoms with E-state index in [1.165, 1.54) is 6.20 Å². The molecule has 1 rings (SSSR count). The molecule has 18 heavy (non-hydrogen) atoms. The van der Waals surface area contributed by atoms with Crippen LogP contribution in [0.25, 0.3) is 0 Å². The third-order valence-corrected chi connectivity index (χ3v) is 2.35. The normalized spacial score (nSPS) is 10.7. The van der Waals surface area contributed by atoms with Crippen LogP contribution >= 0.6 is 0 Å². The minimum Gasteiger partial charge on any atom is -0.462 e. The van der Waals surface area contributed by atoms with Gasteiger partial charge in [0.2, 0.25) is 0 Å². The van der Waals surface area contributed by atoms with Gasteiger partial charge in [-0.25, -0.2) is 4.79 Å². The average Bonchev–Trinajstić information content (AvgIpc) is 2.35. The Labute approximate surface area is 107 Å². The van der Waals surface area contributed by atoms with Gasteiger partial charge in [-0.05, 0) is 31.5 Å². The van der Waals surface area contributed by atoms with Crippen molar-refractivity contribution >= 4 is 11.7 Å². The lowest BCUT2D eigenvalue weighted by atomic mass is 10.2. The number of benzene rings is 1. The van der Waals surface area contributed by atoms with Crippen molar-refractivity contribution in [1.82, 2.24) is 0 Å². The smallest absolute Gasteiger partial charge is 0.350 e. The lowest BCUT2D eigenvalue weighted by Crippen LogP contribution is -2.14. The molecule has 0 amide bonds. The molecule has 94 valence electrons. The number of hydrogen-bond donors (Lipinski definition) is 0. The number of ether oxygens (including phenoxy) is 1. The van der Waals surface area contributed by atoms with Crippen LogP contribution in [-0.2, 0) is 9.53 Å². The first kappa shape index (κ1) is 13.8. The van der Waals surface area contributed by atoms with E-state index in [9.17, 15) is 4.79 Å². The second-order valence-electron chi connectivity index (χ2n) is 3.82. The predicted molar refractivity (Wildman–Crippen MR) is 69.9 cm³/mol. The Bertz CT molecular complexity index is 501. The molecular formula is C14H16N2O2. The van der Waals surface area contributed by atoms with Gasteiger partial charge in [0.25, 0.3) is 0 Å². The van der Waals surface area contributed by atoms with E-state index >= 15 is 0 Å². The number of nitrogens with zero attached hydrogens (tertiary/aromatic N) is 2. The van der Waals surface area contributed by atoms with Crippen LogP contribution in [0.1, 0.15) is 12.5 Å². The van der Waals surface area contributed by atoms with Gasteiger partial charge < -0.3 is 9.64 Å². The van der Waals surface area contributed by atoms with Crippen molar-refractivity contribution in [2.24, 2.45) is 0 Å². The van der Waals surface area contributed by atoms with Gasteiger partial charge in [-0.2, -0.15) is 5.26 Å². The van der Waals surface area contributed by atoms with E-state index in [1.807, 2.05) is 37.3 Å². The fourth-order valence-electron chi connectivity index (χ4n) is 1.45. The van der Waals surface area contributed by atoms with Crippen molar-refractivity contribution in [3.8, 4) is 6.07 Å². The summed E-state index contributed by atoms with van der Waals surface area (Å²) in [6.07, 6.45) is 1.48. The van der Waals surface area contributed by atoms with Gasteiger partial charge in [-0.1, -0.05) is 12.1 Å². The number of hydrogen-bond acceptors (Lipinski definition) is 4. The number of rotatable bonds is 4. The minimum absolute atomic E-state index is 0.0131. The van der Waals surface area contributed by atoms with Crippen molar-refractivity contribution in [3.05, 3.63) is 41.6 Å². The third-order valence-electron chi connectivity index (χ3n) is 2.35. The zero-order chi connectivity index (χ0) is 13.5. The summed E-state index contributed by atoms with van der Waals surface area (Å²) in [6, 6.07) is 9.63. The SMILES string of the molecule is CCOC(=O)C(C#N)=CN(C)c1cccc(C)c1. The van der Waals surface area contributed by atoms with Gasteiger partial charge in [0.1, 0.15) is 6.07 Å². The van der Waals surface area contributed by atoms with Gasteiger partial charge in [0, 0.05) is 18.9 Å². The van der Waals surface area contributed by atoms with Gasteiger partial charge >= 0.3 is 5.97 Å². The van der Waals surface area contributed by atoms with Crippen LogP contribution in [0.5, 0.6) is 0 Å². The second-order valence-corrected chi connectivity index (χ2v) is 3.82. The van der Waals surface area contributed by atoms with E-state index in [2.05, 4.69) is 0 Å². The van der Waals surface area contributed by atoms with E-state index in [4.69, 9.17) is 10.00 Å². The molecular weight excluding hydrogens is 228 g/mol. The molecule has 4 nitrogen and oxygen atoms in total. The fourth-order valence-corrected chi connectivity index (χ4v) is 1.45. The molecule has 0 spiro atoms. The van der Waals surface area contributed by atoms with E-state index in [0.29, 0.717) is 0 Å². The standard InChI is InChI=1S/C14H16N2O2/c1-4-18-14(17)12(9-15)10-16(3)13-7-5-6-11(2)8-13/h5-8,10H,4H2,1-3H3. The number of carbonyl (C=O) groups excluding carboxylic acids is 1. The van der Waals surface area contributed by atoms with Crippen LogP contribution in [0.4, 0.5) is 5.69 Å². The van der Waals surface area contributed by atoms with Crippen LogP contribution in [0.2, 0.25) is 0 Å². The van der Waals surface area contributed by atoms with Crippen molar-refractivity contribution in [2.45, 2.75) is 13.8 Å². The summed E-state index contributed by atoms with van der Waals surface area (Å²) in [7, 11) is 1.78. The lowest BCUT2D eigenvalue weighted by Gasteiger charge is -2.15. The molecule has 0 saturated carbocycles. The van der Waals surface area contributed by atoms with Crippen LogP contribution in [0.15, 0.2) is 36.0 Å². The largest absolute Gasteiger partial charge is 0.462 e. The molecule has 0 aliphatic rings. The summed E-state index contributed by atoms with van der Waals surface area (Å²) in [6.45, 7) is 3.95. The first-order chi connectivity index (χ1) is 8.58. The molecule has 0 bridgehead atoms. The Morgan fingerprint density at radius 3 is 2.83 bits per heavy atom. The van der Waals surface area contributed by atoms with Gasteiger partial charge in [0.15, 0.2) is 5.57 Å². The van der Waals surface area contributed by atoms with E-state index in [1.54, 1.807) is 18.9 Å². The first-order valence-corrected chi connectivity index (χ1v) is 5.67. The van der Waals surface area contributed by atoms with E-state index in [0.717, 1.165) is 11.3 Å². The number of carbonyl (C=O) groups is 1. The maximum atomic E-state index is 11.5. The van der Waals surface area contributed by atoms with E-state index in [-0.39, 0.29) is 12.2 Å². The van der Waals surface area contributed by atoms with Crippen molar-refractivity contribution in [3.63, 3.8) is 0 Å². The fraction of sp³-hybridized carbons (Fsp3) is 0.286. The second kappa shape index (κ2) is 6.45. The summed E-state index contributed by atoms with van der Waals surface area (Å²) >= 11 is 0. The number of esters is 1. The number of aryl methyl sites for hydroxylation is 1. The first-order valence-electron chi connectivity index (χ1n) is 5.67. The summed E-state index contributed by atoms with van der Waals surface area (Å²) in [4.78, 5) is 13.2. The topological polar surface area (TPSA) is 53.3 Å². The molecule has 0 fully saturated rings. The number of nitriles is 1. The molecule has 0 aliphatic heterocycles. The van der Waals surface area contributed by atoms with Crippen molar-refractivity contribution in [1.29, 1.82) is 5.26 Å². The van der Waals surface area contributed by atoms with Gasteiger partial charge in [0.05, 0.1) is 6.61 Å². The molecule has 4 heteroatoms. The third kappa shape index (κ3) is 3.63. The molecule has 0 N–H and O–H groups in total. The monoisotopic (exact) mass is 244 g/mol. The van der Waals surface area contributed by atoms with Gasteiger partial charge in [-0.3, -0.25) is 0 Å². The molecule has 1 aromatic rings. The molecule has 0 saturated heterocycles. The number of anilines is 1. The molecule has 0 atom stereocenters. The summed E-state index contributed by atoms with van der Waals surface area (Å²) in [5.41, 5.74) is 2.01. The highest BCUT2D eigenvalue weighted by atomic mass is 16.5. The Kier molecular flexibility index (Phi) is 4.94. The molecule has 0 radical (unpaired) electrons. The van der Waals surface area contributed by atoms with E-state index < -0.39 is 5.97 Å². The Morgan fingerprint density at radius 2 is 2.28 bits per heavy atom. The highest BCUT2D eigenvalue weighted by Gasteiger charge is 2.11. The molecule has 0 unspecified atom stereocenters. The predicted octanol–water partition coefficient (Wildman–Crippen LogP) is 2.40. The quantitative estimate of drug-likeness (QED) is 0.463. The molecule has 0 aliphatic carbocycles. The van der Waals surface area contributed by atoms with Crippen LogP contribution < -0.4 is 4.90 Å². The average molecular weight is 244 g/mol. The maximum absolute atomic E-state index is 11.5. The Morgan fingerprint density at radius 1 is 1.56 bits per heavy atom. The van der Waals surface area contributed by atoms with Gasteiger partial charge in [-0.15, -0.1) is 0 Å². The van der Waals surface area contributed by atoms with Crippen LogP contribution in [0, 0.1) is 18.3 Å².